The van der Waals surface area contributed by atoms with Gasteiger partial charge in [-0.15, -0.1) is 5.10 Å². The lowest BCUT2D eigenvalue weighted by Gasteiger charge is -2.09. The topological polar surface area (TPSA) is 66.0 Å². The van der Waals surface area contributed by atoms with Crippen LogP contribution in [0.15, 0.2) is 18.2 Å². The zero-order chi connectivity index (χ0) is 14.8. The van der Waals surface area contributed by atoms with Gasteiger partial charge >= 0.3 is 0 Å². The van der Waals surface area contributed by atoms with Crippen LogP contribution in [-0.2, 0) is 6.54 Å². The highest BCUT2D eigenvalue weighted by molar-refractivity contribution is 5.38. The lowest BCUT2D eigenvalue weighted by molar-refractivity contribution is 0.296. The summed E-state index contributed by atoms with van der Waals surface area (Å²) in [7, 11) is 0. The Balaban J connectivity index is 1.51. The molecule has 0 unspecified atom stereocenters. The number of rotatable bonds is 6. The number of nitrogen functional groups attached to an aromatic ring is 1. The summed E-state index contributed by atoms with van der Waals surface area (Å²) >= 11 is 0. The van der Waals surface area contributed by atoms with E-state index in [-0.39, 0.29) is 0 Å². The molecule has 2 N–H and O–H groups in total. The molecule has 0 bridgehead atoms. The van der Waals surface area contributed by atoms with Crippen molar-refractivity contribution in [1.82, 2.24) is 15.0 Å². The normalized spacial score (nSPS) is 14.4. The zero-order valence-electron chi connectivity index (χ0n) is 12.7. The van der Waals surface area contributed by atoms with Gasteiger partial charge in [-0.2, -0.15) is 0 Å². The summed E-state index contributed by atoms with van der Waals surface area (Å²) in [5, 5.41) is 8.12. The average molecular weight is 286 g/mol. The lowest BCUT2D eigenvalue weighted by Crippen LogP contribution is -2.09. The van der Waals surface area contributed by atoms with E-state index in [1.165, 1.54) is 24.0 Å². The summed E-state index contributed by atoms with van der Waals surface area (Å²) < 4.78 is 7.73. The fourth-order valence-corrected chi connectivity index (χ4v) is 2.48. The van der Waals surface area contributed by atoms with Crippen LogP contribution >= 0.6 is 0 Å². The number of benzene rings is 1. The Morgan fingerprint density at radius 3 is 2.81 bits per heavy atom. The monoisotopic (exact) mass is 286 g/mol. The van der Waals surface area contributed by atoms with Crippen LogP contribution in [-0.4, -0.2) is 21.6 Å². The van der Waals surface area contributed by atoms with Crippen LogP contribution in [0, 0.1) is 13.8 Å². The number of hydrogen-bond donors (Lipinski definition) is 1. The minimum atomic E-state index is 0.570. The number of anilines is 1. The summed E-state index contributed by atoms with van der Waals surface area (Å²) in [5.74, 6) is 2.09. The minimum Gasteiger partial charge on any atom is -0.494 e. The summed E-state index contributed by atoms with van der Waals surface area (Å²) in [6.45, 7) is 5.68. The lowest BCUT2D eigenvalue weighted by atomic mass is 10.1. The second-order valence-electron chi connectivity index (χ2n) is 5.81. The van der Waals surface area contributed by atoms with Gasteiger partial charge in [-0.3, -0.25) is 0 Å². The molecule has 1 aromatic heterocycles. The van der Waals surface area contributed by atoms with Crippen LogP contribution in [0.5, 0.6) is 5.75 Å². The first-order chi connectivity index (χ1) is 10.1. The van der Waals surface area contributed by atoms with Crippen LogP contribution in [0.1, 0.15) is 42.0 Å². The maximum atomic E-state index is 5.88. The van der Waals surface area contributed by atoms with E-state index in [1.54, 1.807) is 0 Å². The van der Waals surface area contributed by atoms with Gasteiger partial charge in [0.15, 0.2) is 5.82 Å². The van der Waals surface area contributed by atoms with Crippen molar-refractivity contribution in [2.45, 2.75) is 45.6 Å². The Labute approximate surface area is 125 Å². The number of ether oxygens (including phenoxy) is 1. The molecule has 0 aliphatic heterocycles. The van der Waals surface area contributed by atoms with E-state index in [0.717, 1.165) is 24.4 Å². The molecule has 1 aromatic carbocycles. The van der Waals surface area contributed by atoms with Crippen molar-refractivity contribution < 1.29 is 4.74 Å². The molecule has 21 heavy (non-hydrogen) atoms. The third-order valence-electron chi connectivity index (χ3n) is 4.03. The highest BCUT2D eigenvalue weighted by Crippen LogP contribution is 2.41. The Hall–Kier alpha value is -2.04. The van der Waals surface area contributed by atoms with Crippen molar-refractivity contribution in [2.24, 2.45) is 0 Å². The van der Waals surface area contributed by atoms with Crippen molar-refractivity contribution in [3.8, 4) is 5.75 Å². The van der Waals surface area contributed by atoms with Gasteiger partial charge in [-0.05, 0) is 49.9 Å². The number of hydrogen-bond acceptors (Lipinski definition) is 4. The van der Waals surface area contributed by atoms with Gasteiger partial charge in [0.1, 0.15) is 5.75 Å². The predicted molar refractivity (Wildman–Crippen MR) is 82.4 cm³/mol. The molecule has 0 spiro atoms. The molecule has 1 saturated carbocycles. The molecule has 5 heteroatoms. The standard InChI is InChI=1S/C16H22N4O/c1-11-4-7-14(10-12(11)2)21-9-3-8-20-15(13-5-6-13)16(17)18-19-20/h4,7,10,13H,3,5-6,8-9,17H2,1-2H3. The van der Waals surface area contributed by atoms with Crippen molar-refractivity contribution in [2.75, 3.05) is 12.3 Å². The Morgan fingerprint density at radius 1 is 1.29 bits per heavy atom. The van der Waals surface area contributed by atoms with Crippen LogP contribution in [0.25, 0.3) is 0 Å². The Bertz CT molecular complexity index is 631. The van der Waals surface area contributed by atoms with Crippen LogP contribution < -0.4 is 10.5 Å². The summed E-state index contributed by atoms with van der Waals surface area (Å²) in [6.07, 6.45) is 3.31. The third kappa shape index (κ3) is 3.17. The van der Waals surface area contributed by atoms with Gasteiger partial charge in [0.25, 0.3) is 0 Å². The first kappa shape index (κ1) is 13.9. The fourth-order valence-electron chi connectivity index (χ4n) is 2.48. The van der Waals surface area contributed by atoms with E-state index in [0.29, 0.717) is 18.3 Å². The van der Waals surface area contributed by atoms with Crippen LogP contribution in [0.2, 0.25) is 0 Å². The molecule has 0 amide bonds. The van der Waals surface area contributed by atoms with Gasteiger partial charge in [-0.25, -0.2) is 4.68 Å². The third-order valence-corrected chi connectivity index (χ3v) is 4.03. The molecular weight excluding hydrogens is 264 g/mol. The van der Waals surface area contributed by atoms with Gasteiger partial charge in [0.2, 0.25) is 0 Å². The second kappa shape index (κ2) is 5.76. The maximum absolute atomic E-state index is 5.88. The number of aryl methyl sites for hydroxylation is 3. The second-order valence-corrected chi connectivity index (χ2v) is 5.81. The van der Waals surface area contributed by atoms with Crippen molar-refractivity contribution >= 4 is 5.82 Å². The molecule has 3 rings (SSSR count). The summed E-state index contributed by atoms with van der Waals surface area (Å²) in [6, 6.07) is 6.19. The van der Waals surface area contributed by atoms with Gasteiger partial charge in [0.05, 0.1) is 12.3 Å². The predicted octanol–water partition coefficient (Wildman–Crippen LogP) is 2.82. The van der Waals surface area contributed by atoms with E-state index in [1.807, 2.05) is 10.7 Å². The molecule has 0 atom stereocenters. The zero-order valence-corrected chi connectivity index (χ0v) is 12.7. The van der Waals surface area contributed by atoms with Gasteiger partial charge in [-0.1, -0.05) is 11.3 Å². The number of aromatic nitrogens is 3. The number of nitrogens with zero attached hydrogens (tertiary/aromatic N) is 3. The SMILES string of the molecule is Cc1ccc(OCCCn2nnc(N)c2C2CC2)cc1C. The number of nitrogens with two attached hydrogens (primary N) is 1. The van der Waals surface area contributed by atoms with E-state index < -0.39 is 0 Å². The van der Waals surface area contributed by atoms with Crippen LogP contribution in [0.3, 0.4) is 0 Å². The largest absolute Gasteiger partial charge is 0.494 e. The molecule has 0 radical (unpaired) electrons. The summed E-state index contributed by atoms with van der Waals surface area (Å²) in [5.41, 5.74) is 9.54. The highest BCUT2D eigenvalue weighted by Gasteiger charge is 2.30. The Kier molecular flexibility index (Phi) is 3.82. The molecule has 1 fully saturated rings. The van der Waals surface area contributed by atoms with Gasteiger partial charge < -0.3 is 10.5 Å². The summed E-state index contributed by atoms with van der Waals surface area (Å²) in [4.78, 5) is 0. The molecular formula is C16H22N4O. The van der Waals surface area contributed by atoms with Crippen molar-refractivity contribution in [3.05, 3.63) is 35.0 Å². The average Bonchev–Trinajstić information content (AvgIpc) is 3.23. The van der Waals surface area contributed by atoms with E-state index in [9.17, 15) is 0 Å². The molecule has 1 aliphatic rings. The smallest absolute Gasteiger partial charge is 0.169 e. The molecule has 0 saturated heterocycles. The molecule has 1 aliphatic carbocycles. The maximum Gasteiger partial charge on any atom is 0.169 e. The first-order valence-electron chi connectivity index (χ1n) is 7.54. The minimum absolute atomic E-state index is 0.570. The molecule has 112 valence electrons. The van der Waals surface area contributed by atoms with E-state index in [2.05, 4.69) is 36.3 Å². The van der Waals surface area contributed by atoms with Crippen molar-refractivity contribution in [1.29, 1.82) is 0 Å². The van der Waals surface area contributed by atoms with Crippen molar-refractivity contribution in [3.63, 3.8) is 0 Å². The Morgan fingerprint density at radius 2 is 2.10 bits per heavy atom. The fraction of sp³-hybridized carbons (Fsp3) is 0.500. The molecule has 5 nitrogen and oxygen atoms in total. The van der Waals surface area contributed by atoms with Crippen LogP contribution in [0.4, 0.5) is 5.82 Å². The van der Waals surface area contributed by atoms with E-state index >= 15 is 0 Å². The molecule has 1 heterocycles. The van der Waals surface area contributed by atoms with Gasteiger partial charge in [0, 0.05) is 18.9 Å². The highest BCUT2D eigenvalue weighted by atomic mass is 16.5. The quantitative estimate of drug-likeness (QED) is 0.829. The van der Waals surface area contributed by atoms with E-state index in [4.69, 9.17) is 10.5 Å². The first-order valence-corrected chi connectivity index (χ1v) is 7.54. The molecule has 2 aromatic rings.